The number of halogens is 2. The molecule has 2 aliphatic rings. The van der Waals surface area contributed by atoms with Gasteiger partial charge in [-0.3, -0.25) is 0 Å². The topological polar surface area (TPSA) is 0 Å². The van der Waals surface area contributed by atoms with E-state index in [9.17, 15) is 0 Å². The third-order valence-corrected chi connectivity index (χ3v) is 16.8. The summed E-state index contributed by atoms with van der Waals surface area (Å²) in [6.07, 6.45) is 9.86. The average Bonchev–Trinajstić information content (AvgIpc) is 3.51. The minimum Gasteiger partial charge on any atom is -1.00 e. The fraction of sp³-hybridized carbons (Fsp3) is 0.216. The van der Waals surface area contributed by atoms with Crippen LogP contribution in [0.5, 0.6) is 0 Å². The van der Waals surface area contributed by atoms with E-state index in [4.69, 9.17) is 0 Å². The normalized spacial score (nSPS) is 16.3. The van der Waals surface area contributed by atoms with Crippen LogP contribution in [-0.4, -0.2) is 3.21 Å². The van der Waals surface area contributed by atoms with E-state index in [1.54, 1.807) is 25.5 Å². The second-order valence-electron chi connectivity index (χ2n) is 10.9. The molecular weight excluding hydrogens is 607 g/mol. The summed E-state index contributed by atoms with van der Waals surface area (Å²) < 4.78 is 2.92. The molecule has 3 heteroatoms. The Morgan fingerprint density at radius 2 is 0.875 bits per heavy atom. The van der Waals surface area contributed by atoms with Crippen molar-refractivity contribution in [1.29, 1.82) is 0 Å². The molecule has 0 heterocycles. The standard InChI is InChI=1S/2C17H15.C3H6.2ClH.Zr/c2*1-2-6-14(7-3-1)10-11-16-13-12-15-8-4-5-9-17(15)16;1-3-2;;;/h2*1-9,12-13H,10-11H2;1-2H3;2*1H;/q;;;;;+2/p-2. The summed E-state index contributed by atoms with van der Waals surface area (Å²) >= 11 is -2.16. The van der Waals surface area contributed by atoms with Crippen LogP contribution in [0.4, 0.5) is 0 Å². The number of rotatable bonds is 8. The van der Waals surface area contributed by atoms with Crippen LogP contribution in [0.3, 0.4) is 0 Å². The first kappa shape index (κ1) is 30.6. The molecule has 0 spiro atoms. The molecule has 0 amide bonds. The zero-order valence-corrected chi connectivity index (χ0v) is 27.3. The van der Waals surface area contributed by atoms with E-state index < -0.39 is 21.3 Å². The summed E-state index contributed by atoms with van der Waals surface area (Å²) in [6, 6.07) is 40.5. The van der Waals surface area contributed by atoms with Crippen molar-refractivity contribution in [1.82, 2.24) is 0 Å². The molecule has 0 N–H and O–H groups in total. The molecule has 0 saturated heterocycles. The van der Waals surface area contributed by atoms with E-state index in [1.807, 2.05) is 0 Å². The van der Waals surface area contributed by atoms with Gasteiger partial charge in [-0.2, -0.15) is 0 Å². The molecule has 0 saturated carbocycles. The van der Waals surface area contributed by atoms with Crippen molar-refractivity contribution in [2.24, 2.45) is 0 Å². The first-order chi connectivity index (χ1) is 18.7. The van der Waals surface area contributed by atoms with E-state index in [0.717, 1.165) is 25.7 Å². The Morgan fingerprint density at radius 1 is 0.500 bits per heavy atom. The molecule has 0 radical (unpaired) electrons. The van der Waals surface area contributed by atoms with Crippen LogP contribution in [-0.2, 0) is 34.1 Å². The number of fused-ring (bicyclic) bond motifs is 2. The SMILES string of the molecule is C[C](C)=[Zr+2]([CH]1C=C(CCc2ccccc2)c2ccccc21)[CH]1C=C(CCc2ccccc2)c2ccccc21.[Cl-].[Cl-]. The Bertz CT molecular complexity index is 1420. The van der Waals surface area contributed by atoms with Gasteiger partial charge in [-0.15, -0.1) is 0 Å². The Balaban J connectivity index is 0.00000185. The van der Waals surface area contributed by atoms with Crippen molar-refractivity contribution in [3.8, 4) is 0 Å². The molecule has 2 aliphatic carbocycles. The van der Waals surface area contributed by atoms with Gasteiger partial charge in [0, 0.05) is 0 Å². The molecule has 2 unspecified atom stereocenters. The third-order valence-electron chi connectivity index (χ3n) is 8.32. The van der Waals surface area contributed by atoms with Crippen molar-refractivity contribution in [2.75, 3.05) is 0 Å². The van der Waals surface area contributed by atoms with Gasteiger partial charge in [0.05, 0.1) is 0 Å². The van der Waals surface area contributed by atoms with Crippen LogP contribution in [0.25, 0.3) is 11.1 Å². The Morgan fingerprint density at radius 3 is 1.27 bits per heavy atom. The Labute approximate surface area is 260 Å². The molecule has 4 aromatic rings. The van der Waals surface area contributed by atoms with Gasteiger partial charge >= 0.3 is 237 Å². The van der Waals surface area contributed by atoms with Crippen molar-refractivity contribution >= 4 is 14.4 Å². The molecule has 0 nitrogen and oxygen atoms in total. The van der Waals surface area contributed by atoms with Gasteiger partial charge in [0.15, 0.2) is 0 Å². The predicted molar refractivity (Wildman–Crippen MR) is 160 cm³/mol. The average molecular weight is 643 g/mol. The minimum absolute atomic E-state index is 0. The van der Waals surface area contributed by atoms with Crippen LogP contribution in [0.15, 0.2) is 121 Å². The molecule has 0 fully saturated rings. The molecule has 202 valence electrons. The fourth-order valence-electron chi connectivity index (χ4n) is 6.50. The maximum atomic E-state index is 2.70. The quantitative estimate of drug-likeness (QED) is 0.277. The Hall–Kier alpha value is -2.31. The summed E-state index contributed by atoms with van der Waals surface area (Å²) in [5, 5.41) is 0. The summed E-state index contributed by atoms with van der Waals surface area (Å²) in [5.74, 6) is 0. The number of allylic oxidation sites excluding steroid dienone is 4. The zero-order chi connectivity index (χ0) is 25.9. The van der Waals surface area contributed by atoms with E-state index in [0.29, 0.717) is 7.25 Å². The third kappa shape index (κ3) is 6.44. The maximum absolute atomic E-state index is 2.70. The van der Waals surface area contributed by atoms with Crippen LogP contribution in [0.1, 0.15) is 67.3 Å². The summed E-state index contributed by atoms with van der Waals surface area (Å²) in [6.45, 7) is 4.87. The second-order valence-corrected chi connectivity index (χ2v) is 18.7. The minimum atomic E-state index is -2.16. The predicted octanol–water partition coefficient (Wildman–Crippen LogP) is 3.37. The number of benzene rings is 4. The van der Waals surface area contributed by atoms with Gasteiger partial charge in [-0.25, -0.2) is 0 Å². The summed E-state index contributed by atoms with van der Waals surface area (Å²) in [5.41, 5.74) is 12.2. The number of hydrogen-bond donors (Lipinski definition) is 0. The van der Waals surface area contributed by atoms with E-state index in [2.05, 4.69) is 135 Å². The Kier molecular flexibility index (Phi) is 10.8. The van der Waals surface area contributed by atoms with Crippen molar-refractivity contribution in [2.45, 2.75) is 46.8 Å². The van der Waals surface area contributed by atoms with Gasteiger partial charge in [0.1, 0.15) is 0 Å². The molecule has 4 aromatic carbocycles. The van der Waals surface area contributed by atoms with Crippen molar-refractivity contribution < 1.29 is 46.1 Å². The van der Waals surface area contributed by atoms with Crippen LogP contribution in [0.2, 0.25) is 0 Å². The number of hydrogen-bond acceptors (Lipinski definition) is 0. The van der Waals surface area contributed by atoms with Gasteiger partial charge in [0.25, 0.3) is 0 Å². The van der Waals surface area contributed by atoms with E-state index in [1.165, 1.54) is 22.3 Å². The zero-order valence-electron chi connectivity index (χ0n) is 23.3. The molecule has 40 heavy (non-hydrogen) atoms. The van der Waals surface area contributed by atoms with E-state index >= 15 is 0 Å². The van der Waals surface area contributed by atoms with Crippen LogP contribution < -0.4 is 24.8 Å². The van der Waals surface area contributed by atoms with Crippen molar-refractivity contribution in [3.63, 3.8) is 0 Å². The fourth-order valence-corrected chi connectivity index (χ4v) is 15.3. The van der Waals surface area contributed by atoms with Gasteiger partial charge in [-0.1, -0.05) is 0 Å². The van der Waals surface area contributed by atoms with Gasteiger partial charge in [0.2, 0.25) is 0 Å². The van der Waals surface area contributed by atoms with E-state index in [-0.39, 0.29) is 24.8 Å². The first-order valence-electron chi connectivity index (χ1n) is 14.0. The molecule has 0 aromatic heterocycles. The molecule has 0 aliphatic heterocycles. The van der Waals surface area contributed by atoms with Crippen LogP contribution in [0, 0.1) is 0 Å². The first-order valence-corrected chi connectivity index (χ1v) is 18.1. The summed E-state index contributed by atoms with van der Waals surface area (Å²) in [7, 11) is 0. The monoisotopic (exact) mass is 640 g/mol. The van der Waals surface area contributed by atoms with Gasteiger partial charge in [-0.05, 0) is 0 Å². The molecule has 0 bridgehead atoms. The largest absolute Gasteiger partial charge is 1.00 e. The molecule has 6 rings (SSSR count). The van der Waals surface area contributed by atoms with Crippen LogP contribution >= 0.6 is 0 Å². The second kappa shape index (κ2) is 14.0. The maximum Gasteiger partial charge on any atom is -1.00 e. The number of aryl methyl sites for hydroxylation is 2. The smallest absolute Gasteiger partial charge is 1.00 e. The molecule has 2 atom stereocenters. The van der Waals surface area contributed by atoms with Gasteiger partial charge < -0.3 is 24.8 Å². The van der Waals surface area contributed by atoms with Crippen molar-refractivity contribution in [3.05, 3.63) is 155 Å². The molecular formula is C37H36Cl2Zr. The summed E-state index contributed by atoms with van der Waals surface area (Å²) in [4.78, 5) is 0.